The molecule has 2 aromatic carbocycles. The Labute approximate surface area is 183 Å². The number of hydrogen-bond donors (Lipinski definition) is 1. The fraction of sp³-hybridized carbons (Fsp3) is 0.273. The highest BCUT2D eigenvalue weighted by Crippen LogP contribution is 2.16. The average Bonchev–Trinajstić information content (AvgIpc) is 3.10. The van der Waals surface area contributed by atoms with Gasteiger partial charge in [-0.25, -0.2) is 9.59 Å². The maximum absolute atomic E-state index is 12.6. The molecule has 1 aliphatic rings. The summed E-state index contributed by atoms with van der Waals surface area (Å²) in [6.45, 7) is 0.0364. The number of rotatable bonds is 9. The second kappa shape index (κ2) is 11.2. The zero-order chi connectivity index (χ0) is 22.1. The molecule has 0 aliphatic carbocycles. The number of imide groups is 1. The average molecular weight is 442 g/mol. The molecule has 0 spiro atoms. The van der Waals surface area contributed by atoms with Crippen LogP contribution in [0.4, 0.5) is 4.79 Å². The second-order valence-electron chi connectivity index (χ2n) is 6.75. The summed E-state index contributed by atoms with van der Waals surface area (Å²) >= 11 is 1.40. The van der Waals surface area contributed by atoms with Crippen molar-refractivity contribution in [1.82, 2.24) is 10.4 Å². The molecule has 162 valence electrons. The quantitative estimate of drug-likeness (QED) is 0.596. The van der Waals surface area contributed by atoms with Crippen LogP contribution in [0.5, 0.6) is 0 Å². The number of nitrogens with one attached hydrogen (secondary N) is 1. The summed E-state index contributed by atoms with van der Waals surface area (Å²) < 4.78 is 5.17. The summed E-state index contributed by atoms with van der Waals surface area (Å²) in [5.41, 5.74) is 1.85. The minimum atomic E-state index is -1.10. The number of hydrogen-bond acceptors (Lipinski definition) is 7. The lowest BCUT2D eigenvalue weighted by Gasteiger charge is -2.20. The predicted molar refractivity (Wildman–Crippen MR) is 113 cm³/mol. The number of nitrogens with zero attached hydrogens (tertiary/aromatic N) is 1. The number of carbonyl (C=O) groups excluding carboxylic acids is 4. The van der Waals surface area contributed by atoms with E-state index in [1.54, 1.807) is 12.1 Å². The molecular weight excluding hydrogens is 420 g/mol. The highest BCUT2D eigenvalue weighted by Gasteiger charge is 2.35. The van der Waals surface area contributed by atoms with Crippen molar-refractivity contribution in [3.8, 4) is 0 Å². The summed E-state index contributed by atoms with van der Waals surface area (Å²) in [5.74, 6) is -1.29. The lowest BCUT2D eigenvalue weighted by atomic mass is 10.2. The fourth-order valence-electron chi connectivity index (χ4n) is 2.76. The van der Waals surface area contributed by atoms with Gasteiger partial charge in [-0.15, -0.1) is 5.06 Å². The van der Waals surface area contributed by atoms with Gasteiger partial charge in [0, 0.05) is 24.3 Å². The summed E-state index contributed by atoms with van der Waals surface area (Å²) in [6.07, 6.45) is -0.816. The number of amides is 3. The molecule has 8 nitrogen and oxygen atoms in total. The highest BCUT2D eigenvalue weighted by molar-refractivity contribution is 7.98. The molecule has 0 radical (unpaired) electrons. The van der Waals surface area contributed by atoms with E-state index in [0.29, 0.717) is 10.8 Å². The van der Waals surface area contributed by atoms with Crippen LogP contribution >= 0.6 is 11.8 Å². The van der Waals surface area contributed by atoms with Crippen LogP contribution in [0.2, 0.25) is 0 Å². The van der Waals surface area contributed by atoms with Gasteiger partial charge in [-0.1, -0.05) is 60.7 Å². The van der Waals surface area contributed by atoms with Gasteiger partial charge < -0.3 is 14.9 Å². The maximum Gasteiger partial charge on any atom is 0.408 e. The van der Waals surface area contributed by atoms with Crippen LogP contribution in [0.3, 0.4) is 0 Å². The molecule has 1 aliphatic heterocycles. The Morgan fingerprint density at radius 1 is 0.935 bits per heavy atom. The number of ether oxygens (including phenoxy) is 1. The monoisotopic (exact) mass is 442 g/mol. The minimum Gasteiger partial charge on any atom is -0.445 e. The van der Waals surface area contributed by atoms with Crippen LogP contribution in [0.15, 0.2) is 60.7 Å². The van der Waals surface area contributed by atoms with Gasteiger partial charge in [-0.05, 0) is 11.1 Å². The van der Waals surface area contributed by atoms with Gasteiger partial charge in [0.25, 0.3) is 11.8 Å². The Balaban J connectivity index is 1.58. The lowest BCUT2D eigenvalue weighted by Crippen LogP contribution is -2.47. The van der Waals surface area contributed by atoms with Crippen molar-refractivity contribution in [3.63, 3.8) is 0 Å². The van der Waals surface area contributed by atoms with Gasteiger partial charge >= 0.3 is 12.1 Å². The van der Waals surface area contributed by atoms with Gasteiger partial charge in [0.15, 0.2) is 0 Å². The Hall–Kier alpha value is -3.33. The van der Waals surface area contributed by atoms with E-state index in [-0.39, 0.29) is 25.2 Å². The molecule has 0 aromatic heterocycles. The van der Waals surface area contributed by atoms with Crippen molar-refractivity contribution in [2.45, 2.75) is 31.2 Å². The van der Waals surface area contributed by atoms with E-state index < -0.39 is 29.9 Å². The van der Waals surface area contributed by atoms with Crippen molar-refractivity contribution >= 4 is 35.6 Å². The van der Waals surface area contributed by atoms with E-state index in [1.165, 1.54) is 11.8 Å². The molecule has 3 rings (SSSR count). The van der Waals surface area contributed by atoms with Gasteiger partial charge in [0.2, 0.25) is 0 Å². The number of thioether (sulfide) groups is 1. The van der Waals surface area contributed by atoms with E-state index in [2.05, 4.69) is 5.32 Å². The van der Waals surface area contributed by atoms with E-state index in [1.807, 2.05) is 48.5 Å². The van der Waals surface area contributed by atoms with Crippen molar-refractivity contribution < 1.29 is 28.8 Å². The molecule has 0 saturated carbocycles. The van der Waals surface area contributed by atoms with Crippen LogP contribution in [0.1, 0.15) is 24.0 Å². The SMILES string of the molecule is O=C(N[C@@H](CSCc1ccccc1)C(=O)ON1C(=O)CCC1=O)OCc1ccccc1. The first kappa shape index (κ1) is 22.4. The smallest absolute Gasteiger partial charge is 0.408 e. The number of benzene rings is 2. The summed E-state index contributed by atoms with van der Waals surface area (Å²) in [4.78, 5) is 53.3. The zero-order valence-corrected chi connectivity index (χ0v) is 17.5. The molecule has 0 unspecified atom stereocenters. The fourth-order valence-corrected chi connectivity index (χ4v) is 3.76. The number of carbonyl (C=O) groups is 4. The lowest BCUT2D eigenvalue weighted by molar-refractivity contribution is -0.198. The van der Waals surface area contributed by atoms with E-state index >= 15 is 0 Å². The van der Waals surface area contributed by atoms with E-state index in [4.69, 9.17) is 9.57 Å². The van der Waals surface area contributed by atoms with Crippen molar-refractivity contribution in [3.05, 3.63) is 71.8 Å². The third kappa shape index (κ3) is 6.85. The first-order valence-electron chi connectivity index (χ1n) is 9.69. The molecule has 1 N–H and O–H groups in total. The third-order valence-electron chi connectivity index (χ3n) is 4.37. The van der Waals surface area contributed by atoms with Crippen LogP contribution in [-0.2, 0) is 36.3 Å². The van der Waals surface area contributed by atoms with E-state index in [9.17, 15) is 19.2 Å². The largest absolute Gasteiger partial charge is 0.445 e. The van der Waals surface area contributed by atoms with Gasteiger partial charge in [-0.3, -0.25) is 9.59 Å². The molecule has 1 saturated heterocycles. The normalized spacial score (nSPS) is 14.3. The van der Waals surface area contributed by atoms with E-state index in [0.717, 1.165) is 11.1 Å². The Kier molecular flexibility index (Phi) is 8.05. The summed E-state index contributed by atoms with van der Waals surface area (Å²) in [7, 11) is 0. The molecular formula is C22H22N2O6S. The van der Waals surface area contributed by atoms with Crippen molar-refractivity contribution in [1.29, 1.82) is 0 Å². The van der Waals surface area contributed by atoms with Gasteiger partial charge in [0.1, 0.15) is 12.6 Å². The molecule has 0 bridgehead atoms. The predicted octanol–water partition coefficient (Wildman–Crippen LogP) is 2.82. The summed E-state index contributed by atoms with van der Waals surface area (Å²) in [6, 6.07) is 17.6. The number of alkyl carbamates (subject to hydrolysis) is 1. The first-order chi connectivity index (χ1) is 15.0. The molecule has 31 heavy (non-hydrogen) atoms. The number of hydroxylamine groups is 2. The molecule has 2 aromatic rings. The zero-order valence-electron chi connectivity index (χ0n) is 16.7. The van der Waals surface area contributed by atoms with Crippen molar-refractivity contribution in [2.75, 3.05) is 5.75 Å². The standard InChI is InChI=1S/C22H22N2O6S/c25-19-11-12-20(26)24(19)30-21(27)18(15-31-14-17-9-5-2-6-10-17)23-22(28)29-13-16-7-3-1-4-8-16/h1-10,18H,11-15H2,(H,23,28)/t18-/m0/s1. The van der Waals surface area contributed by atoms with Crippen LogP contribution in [-0.4, -0.2) is 40.7 Å². The second-order valence-corrected chi connectivity index (χ2v) is 7.78. The van der Waals surface area contributed by atoms with Crippen molar-refractivity contribution in [2.24, 2.45) is 0 Å². The topological polar surface area (TPSA) is 102 Å². The molecule has 9 heteroatoms. The van der Waals surface area contributed by atoms with Gasteiger partial charge in [-0.2, -0.15) is 11.8 Å². The summed E-state index contributed by atoms with van der Waals surface area (Å²) in [5, 5.41) is 2.94. The Bertz CT molecular complexity index is 906. The Morgan fingerprint density at radius 3 is 2.13 bits per heavy atom. The highest BCUT2D eigenvalue weighted by atomic mass is 32.2. The van der Waals surface area contributed by atoms with Crippen LogP contribution in [0, 0.1) is 0 Å². The molecule has 1 fully saturated rings. The van der Waals surface area contributed by atoms with Gasteiger partial charge in [0.05, 0.1) is 0 Å². The maximum atomic E-state index is 12.6. The Morgan fingerprint density at radius 2 is 1.52 bits per heavy atom. The molecule has 1 atom stereocenters. The third-order valence-corrected chi connectivity index (χ3v) is 5.48. The molecule has 1 heterocycles. The van der Waals surface area contributed by atoms with Crippen LogP contribution < -0.4 is 5.32 Å². The van der Waals surface area contributed by atoms with Crippen LogP contribution in [0.25, 0.3) is 0 Å². The first-order valence-corrected chi connectivity index (χ1v) is 10.8. The minimum absolute atomic E-state index is 0.00785. The molecule has 3 amide bonds.